The van der Waals surface area contributed by atoms with Crippen LogP contribution in [0.3, 0.4) is 0 Å². The summed E-state index contributed by atoms with van der Waals surface area (Å²) in [7, 11) is 0. The van der Waals surface area contributed by atoms with Gasteiger partial charge >= 0.3 is 0 Å². The largest absolute Gasteiger partial charge is 0.375 e. The zero-order valence-corrected chi connectivity index (χ0v) is 14.0. The topological polar surface area (TPSA) is 37.4 Å². The number of aromatic nitrogens is 1. The molecule has 0 aliphatic carbocycles. The highest BCUT2D eigenvalue weighted by Gasteiger charge is 2.28. The van der Waals surface area contributed by atoms with Crippen LogP contribution in [0.2, 0.25) is 0 Å². The Balaban J connectivity index is 2.21. The van der Waals surface area contributed by atoms with E-state index in [4.69, 9.17) is 4.74 Å². The second-order valence-corrected chi connectivity index (χ2v) is 6.95. The third-order valence-corrected chi connectivity index (χ3v) is 3.89. The van der Waals surface area contributed by atoms with E-state index in [0.717, 1.165) is 31.9 Å². The molecule has 1 aliphatic heterocycles. The van der Waals surface area contributed by atoms with Gasteiger partial charge in [-0.1, -0.05) is 13.0 Å². The molecule has 1 N–H and O–H groups in total. The predicted molar refractivity (Wildman–Crippen MR) is 87.7 cm³/mol. The highest BCUT2D eigenvalue weighted by atomic mass is 16.5. The number of nitrogens with zero attached hydrogens (tertiary/aromatic N) is 2. The second-order valence-electron chi connectivity index (χ2n) is 6.95. The van der Waals surface area contributed by atoms with Gasteiger partial charge in [-0.3, -0.25) is 0 Å². The van der Waals surface area contributed by atoms with E-state index in [0.29, 0.717) is 6.04 Å². The van der Waals surface area contributed by atoms with E-state index >= 15 is 0 Å². The highest BCUT2D eigenvalue weighted by molar-refractivity contribution is 5.48. The summed E-state index contributed by atoms with van der Waals surface area (Å²) in [5.41, 5.74) is 1.37. The highest BCUT2D eigenvalue weighted by Crippen LogP contribution is 2.25. The van der Waals surface area contributed by atoms with Crippen molar-refractivity contribution < 1.29 is 4.74 Å². The van der Waals surface area contributed by atoms with Crippen LogP contribution in [0.4, 0.5) is 5.82 Å². The first-order valence-corrected chi connectivity index (χ1v) is 7.98. The Hall–Kier alpha value is -1.13. The minimum Gasteiger partial charge on any atom is -0.375 e. The van der Waals surface area contributed by atoms with Gasteiger partial charge < -0.3 is 15.0 Å². The molecular weight excluding hydrogens is 262 g/mol. The molecule has 0 amide bonds. The molecule has 4 heteroatoms. The lowest BCUT2D eigenvalue weighted by Crippen LogP contribution is -2.49. The summed E-state index contributed by atoms with van der Waals surface area (Å²) < 4.78 is 5.80. The standard InChI is InChI=1S/C17H29N3O/c1-6-15-12-21-13(2)11-20(15)16-14(8-7-9-18-16)10-19-17(3,4)5/h7-9,13,15,19H,6,10-12H2,1-5H3. The van der Waals surface area contributed by atoms with Gasteiger partial charge in [0.25, 0.3) is 0 Å². The summed E-state index contributed by atoms with van der Waals surface area (Å²) >= 11 is 0. The minimum absolute atomic E-state index is 0.107. The molecule has 1 fully saturated rings. The minimum atomic E-state index is 0.107. The molecule has 0 aromatic carbocycles. The van der Waals surface area contributed by atoms with Crippen LogP contribution in [0.1, 0.15) is 46.6 Å². The van der Waals surface area contributed by atoms with Crippen LogP contribution in [0.15, 0.2) is 18.3 Å². The van der Waals surface area contributed by atoms with Gasteiger partial charge in [0.15, 0.2) is 0 Å². The van der Waals surface area contributed by atoms with Crippen molar-refractivity contribution in [2.75, 3.05) is 18.1 Å². The van der Waals surface area contributed by atoms with Crippen molar-refractivity contribution in [3.63, 3.8) is 0 Å². The van der Waals surface area contributed by atoms with Crippen LogP contribution in [-0.4, -0.2) is 35.8 Å². The maximum atomic E-state index is 5.80. The van der Waals surface area contributed by atoms with E-state index < -0.39 is 0 Å². The Morgan fingerprint density at radius 2 is 2.19 bits per heavy atom. The molecule has 2 atom stereocenters. The molecule has 1 aromatic rings. The number of nitrogens with one attached hydrogen (secondary N) is 1. The third-order valence-electron chi connectivity index (χ3n) is 3.89. The molecule has 21 heavy (non-hydrogen) atoms. The van der Waals surface area contributed by atoms with Gasteiger partial charge in [0, 0.05) is 30.4 Å². The van der Waals surface area contributed by atoms with Gasteiger partial charge in [0.1, 0.15) is 5.82 Å². The molecule has 2 heterocycles. The number of hydrogen-bond acceptors (Lipinski definition) is 4. The molecule has 2 unspecified atom stereocenters. The lowest BCUT2D eigenvalue weighted by atomic mass is 10.1. The number of anilines is 1. The van der Waals surface area contributed by atoms with Crippen molar-refractivity contribution >= 4 is 5.82 Å². The summed E-state index contributed by atoms with van der Waals surface area (Å²) in [4.78, 5) is 7.09. The summed E-state index contributed by atoms with van der Waals surface area (Å²) in [6, 6.07) is 4.62. The van der Waals surface area contributed by atoms with Crippen LogP contribution in [0.25, 0.3) is 0 Å². The molecule has 1 saturated heterocycles. The summed E-state index contributed by atoms with van der Waals surface area (Å²) in [6.07, 6.45) is 3.23. The molecular formula is C17H29N3O. The summed E-state index contributed by atoms with van der Waals surface area (Å²) in [6.45, 7) is 13.5. The van der Waals surface area contributed by atoms with Crippen LogP contribution < -0.4 is 10.2 Å². The Labute approximate surface area is 128 Å². The SMILES string of the molecule is CCC1COC(C)CN1c1ncccc1CNC(C)(C)C. The monoisotopic (exact) mass is 291 g/mol. The quantitative estimate of drug-likeness (QED) is 0.925. The molecule has 1 aromatic heterocycles. The average Bonchev–Trinajstić information content (AvgIpc) is 2.44. The molecule has 1 aliphatic rings. The number of rotatable bonds is 4. The predicted octanol–water partition coefficient (Wildman–Crippen LogP) is 2.97. The van der Waals surface area contributed by atoms with Crippen molar-refractivity contribution in [1.82, 2.24) is 10.3 Å². The van der Waals surface area contributed by atoms with Crippen LogP contribution in [-0.2, 0) is 11.3 Å². The van der Waals surface area contributed by atoms with Gasteiger partial charge in [-0.15, -0.1) is 0 Å². The van der Waals surface area contributed by atoms with E-state index in [-0.39, 0.29) is 11.6 Å². The van der Waals surface area contributed by atoms with Crippen molar-refractivity contribution in [3.05, 3.63) is 23.9 Å². The van der Waals surface area contributed by atoms with Crippen LogP contribution in [0, 0.1) is 0 Å². The van der Waals surface area contributed by atoms with Gasteiger partial charge in [-0.05, 0) is 40.2 Å². The summed E-state index contributed by atoms with van der Waals surface area (Å²) in [5, 5.41) is 3.56. The van der Waals surface area contributed by atoms with Crippen LogP contribution >= 0.6 is 0 Å². The zero-order valence-electron chi connectivity index (χ0n) is 14.0. The van der Waals surface area contributed by atoms with E-state index in [1.807, 2.05) is 12.3 Å². The van der Waals surface area contributed by atoms with E-state index in [1.54, 1.807) is 0 Å². The molecule has 118 valence electrons. The van der Waals surface area contributed by atoms with E-state index in [2.05, 4.69) is 55.9 Å². The maximum absolute atomic E-state index is 5.80. The molecule has 0 spiro atoms. The Bertz CT molecular complexity index is 456. The fourth-order valence-corrected chi connectivity index (χ4v) is 2.63. The number of pyridine rings is 1. The molecule has 0 saturated carbocycles. The normalized spacial score (nSPS) is 23.4. The van der Waals surface area contributed by atoms with Crippen LogP contribution in [0.5, 0.6) is 0 Å². The van der Waals surface area contributed by atoms with Gasteiger partial charge in [-0.25, -0.2) is 4.98 Å². The smallest absolute Gasteiger partial charge is 0.133 e. The first-order chi connectivity index (χ1) is 9.90. The third kappa shape index (κ3) is 4.42. The fraction of sp³-hybridized carbons (Fsp3) is 0.706. The zero-order chi connectivity index (χ0) is 15.5. The number of hydrogen-bond donors (Lipinski definition) is 1. The van der Waals surface area contributed by atoms with E-state index in [1.165, 1.54) is 5.56 Å². The number of ether oxygens (including phenoxy) is 1. The molecule has 2 rings (SSSR count). The second kappa shape index (κ2) is 6.75. The fourth-order valence-electron chi connectivity index (χ4n) is 2.63. The average molecular weight is 291 g/mol. The molecule has 4 nitrogen and oxygen atoms in total. The van der Waals surface area contributed by atoms with Gasteiger partial charge in [-0.2, -0.15) is 0 Å². The lowest BCUT2D eigenvalue weighted by Gasteiger charge is -2.40. The number of morpholine rings is 1. The Morgan fingerprint density at radius 3 is 2.86 bits per heavy atom. The lowest BCUT2D eigenvalue weighted by molar-refractivity contribution is 0.0295. The van der Waals surface area contributed by atoms with Gasteiger partial charge in [0.2, 0.25) is 0 Å². The van der Waals surface area contributed by atoms with Gasteiger partial charge in [0.05, 0.1) is 18.8 Å². The molecule has 0 radical (unpaired) electrons. The van der Waals surface area contributed by atoms with Crippen molar-refractivity contribution in [2.45, 2.75) is 65.3 Å². The van der Waals surface area contributed by atoms with Crippen molar-refractivity contribution in [2.24, 2.45) is 0 Å². The van der Waals surface area contributed by atoms with Crippen molar-refractivity contribution in [3.8, 4) is 0 Å². The van der Waals surface area contributed by atoms with E-state index in [9.17, 15) is 0 Å². The van der Waals surface area contributed by atoms with Crippen molar-refractivity contribution in [1.29, 1.82) is 0 Å². The first-order valence-electron chi connectivity index (χ1n) is 7.98. The Morgan fingerprint density at radius 1 is 1.43 bits per heavy atom. The maximum Gasteiger partial charge on any atom is 0.133 e. The Kier molecular flexibility index (Phi) is 5.22. The first kappa shape index (κ1) is 16.2. The summed E-state index contributed by atoms with van der Waals surface area (Å²) in [5.74, 6) is 1.11. The molecule has 0 bridgehead atoms.